The van der Waals surface area contributed by atoms with E-state index in [4.69, 9.17) is 0 Å². The van der Waals surface area contributed by atoms with Crippen LogP contribution in [0.4, 0.5) is 0 Å². The van der Waals surface area contributed by atoms with E-state index in [1.165, 1.54) is 38.6 Å². The molecular weight excluding hydrogens is 182 g/mol. The molecule has 0 radical (unpaired) electrons. The molecule has 0 aromatic heterocycles. The van der Waals surface area contributed by atoms with Gasteiger partial charge in [0.2, 0.25) is 0 Å². The zero-order valence-electron chi connectivity index (χ0n) is 10.5. The van der Waals surface area contributed by atoms with Crippen LogP contribution in [0, 0.1) is 11.8 Å². The maximum absolute atomic E-state index is 3.76. The first-order valence-corrected chi connectivity index (χ1v) is 6.56. The van der Waals surface area contributed by atoms with E-state index in [-0.39, 0.29) is 0 Å². The van der Waals surface area contributed by atoms with Crippen molar-refractivity contribution in [2.45, 2.75) is 58.4 Å². The number of allylic oxidation sites excluding steroid dienone is 1. The minimum Gasteiger partial charge on any atom is -0.314 e. The molecule has 1 heteroatoms. The lowest BCUT2D eigenvalue weighted by atomic mass is 9.83. The molecule has 88 valence electrons. The Balaban J connectivity index is 2.06. The van der Waals surface area contributed by atoms with Crippen molar-refractivity contribution in [1.82, 2.24) is 5.32 Å². The summed E-state index contributed by atoms with van der Waals surface area (Å²) in [6.07, 6.45) is 10.1. The van der Waals surface area contributed by atoms with E-state index in [0.717, 1.165) is 18.3 Å². The van der Waals surface area contributed by atoms with Crippen molar-refractivity contribution in [3.63, 3.8) is 0 Å². The normalized spacial score (nSPS) is 28.7. The molecule has 1 atom stereocenters. The van der Waals surface area contributed by atoms with E-state index in [9.17, 15) is 0 Å². The fourth-order valence-corrected chi connectivity index (χ4v) is 2.37. The molecule has 0 bridgehead atoms. The summed E-state index contributed by atoms with van der Waals surface area (Å²) in [6.45, 7) is 9.66. The van der Waals surface area contributed by atoms with Gasteiger partial charge in [0.05, 0.1) is 0 Å². The zero-order valence-corrected chi connectivity index (χ0v) is 10.5. The first-order chi connectivity index (χ1) is 7.22. The van der Waals surface area contributed by atoms with Gasteiger partial charge in [-0.2, -0.15) is 0 Å². The van der Waals surface area contributed by atoms with Crippen molar-refractivity contribution >= 4 is 0 Å². The average Bonchev–Trinajstić information content (AvgIpc) is 2.25. The number of hydrogen-bond donors (Lipinski definition) is 1. The molecule has 0 aliphatic heterocycles. The van der Waals surface area contributed by atoms with Crippen molar-refractivity contribution in [3.05, 3.63) is 12.7 Å². The fourth-order valence-electron chi connectivity index (χ4n) is 2.37. The highest BCUT2D eigenvalue weighted by atomic mass is 14.9. The zero-order chi connectivity index (χ0) is 11.1. The highest BCUT2D eigenvalue weighted by Crippen LogP contribution is 2.27. The molecule has 0 aromatic carbocycles. The van der Waals surface area contributed by atoms with Gasteiger partial charge in [-0.05, 0) is 51.0 Å². The van der Waals surface area contributed by atoms with Crippen LogP contribution in [0.15, 0.2) is 12.7 Å². The molecule has 1 saturated carbocycles. The van der Waals surface area contributed by atoms with Gasteiger partial charge in [0.25, 0.3) is 0 Å². The van der Waals surface area contributed by atoms with E-state index in [0.29, 0.717) is 6.04 Å². The molecule has 0 spiro atoms. The minimum atomic E-state index is 0.655. The number of hydrogen-bond acceptors (Lipinski definition) is 1. The summed E-state index contributed by atoms with van der Waals surface area (Å²) in [7, 11) is 0. The van der Waals surface area contributed by atoms with E-state index in [2.05, 4.69) is 25.7 Å². The van der Waals surface area contributed by atoms with Crippen LogP contribution in [0.3, 0.4) is 0 Å². The summed E-state index contributed by atoms with van der Waals surface area (Å²) in [5, 5.41) is 3.65. The second-order valence-corrected chi connectivity index (χ2v) is 5.30. The standard InChI is InChI=1S/C14H27N/c1-4-5-6-13(3)15-11-14-9-7-12(2)8-10-14/h4,12-15H,1,5-11H2,2-3H3. The third-order valence-electron chi connectivity index (χ3n) is 3.69. The lowest BCUT2D eigenvalue weighted by Crippen LogP contribution is -2.32. The lowest BCUT2D eigenvalue weighted by Gasteiger charge is -2.27. The van der Waals surface area contributed by atoms with Crippen LogP contribution in [0.2, 0.25) is 0 Å². The fraction of sp³-hybridized carbons (Fsp3) is 0.857. The van der Waals surface area contributed by atoms with E-state index in [1.54, 1.807) is 0 Å². The van der Waals surface area contributed by atoms with Crippen molar-refractivity contribution in [3.8, 4) is 0 Å². The quantitative estimate of drug-likeness (QED) is 0.657. The summed E-state index contributed by atoms with van der Waals surface area (Å²) in [4.78, 5) is 0. The Morgan fingerprint density at radius 1 is 1.33 bits per heavy atom. The van der Waals surface area contributed by atoms with Gasteiger partial charge in [-0.1, -0.05) is 25.8 Å². The summed E-state index contributed by atoms with van der Waals surface area (Å²) in [5.41, 5.74) is 0. The third-order valence-corrected chi connectivity index (χ3v) is 3.69. The second kappa shape index (κ2) is 7.05. The number of nitrogens with one attached hydrogen (secondary N) is 1. The van der Waals surface area contributed by atoms with Gasteiger partial charge >= 0.3 is 0 Å². The predicted octanol–water partition coefficient (Wildman–Crippen LogP) is 3.76. The Morgan fingerprint density at radius 2 is 2.00 bits per heavy atom. The van der Waals surface area contributed by atoms with Crippen LogP contribution in [0.5, 0.6) is 0 Å². The highest BCUT2D eigenvalue weighted by Gasteiger charge is 2.18. The lowest BCUT2D eigenvalue weighted by molar-refractivity contribution is 0.274. The van der Waals surface area contributed by atoms with Crippen LogP contribution in [-0.2, 0) is 0 Å². The van der Waals surface area contributed by atoms with E-state index < -0.39 is 0 Å². The van der Waals surface area contributed by atoms with Gasteiger partial charge in [-0.3, -0.25) is 0 Å². The molecule has 0 saturated heterocycles. The van der Waals surface area contributed by atoms with Crippen LogP contribution in [-0.4, -0.2) is 12.6 Å². The first-order valence-electron chi connectivity index (χ1n) is 6.56. The van der Waals surface area contributed by atoms with Gasteiger partial charge in [0, 0.05) is 6.04 Å². The van der Waals surface area contributed by atoms with Crippen molar-refractivity contribution < 1.29 is 0 Å². The van der Waals surface area contributed by atoms with Crippen molar-refractivity contribution in [2.75, 3.05) is 6.54 Å². The Bertz CT molecular complexity index is 168. The first kappa shape index (κ1) is 12.8. The summed E-state index contributed by atoms with van der Waals surface area (Å²) < 4.78 is 0. The SMILES string of the molecule is C=CCCC(C)NCC1CCC(C)CC1. The van der Waals surface area contributed by atoms with Gasteiger partial charge in [0.15, 0.2) is 0 Å². The Labute approximate surface area is 95.3 Å². The molecule has 1 nitrogen and oxygen atoms in total. The largest absolute Gasteiger partial charge is 0.314 e. The molecule has 1 aliphatic rings. The third kappa shape index (κ3) is 5.36. The van der Waals surface area contributed by atoms with Gasteiger partial charge in [-0.25, -0.2) is 0 Å². The molecule has 1 aliphatic carbocycles. The molecule has 1 unspecified atom stereocenters. The maximum atomic E-state index is 3.76. The van der Waals surface area contributed by atoms with Crippen molar-refractivity contribution in [1.29, 1.82) is 0 Å². The maximum Gasteiger partial charge on any atom is 0.00417 e. The van der Waals surface area contributed by atoms with Gasteiger partial charge in [-0.15, -0.1) is 6.58 Å². The Kier molecular flexibility index (Phi) is 6.00. The summed E-state index contributed by atoms with van der Waals surface area (Å²) in [6, 6.07) is 0.655. The second-order valence-electron chi connectivity index (χ2n) is 5.30. The number of rotatable bonds is 6. The average molecular weight is 209 g/mol. The Morgan fingerprint density at radius 3 is 2.60 bits per heavy atom. The molecular formula is C14H27N. The van der Waals surface area contributed by atoms with Crippen molar-refractivity contribution in [2.24, 2.45) is 11.8 Å². The molecule has 1 rings (SSSR count). The summed E-state index contributed by atoms with van der Waals surface area (Å²) >= 11 is 0. The summed E-state index contributed by atoms with van der Waals surface area (Å²) in [5.74, 6) is 1.91. The topological polar surface area (TPSA) is 12.0 Å². The van der Waals surface area contributed by atoms with Crippen LogP contribution in [0.1, 0.15) is 52.4 Å². The van der Waals surface area contributed by atoms with Gasteiger partial charge < -0.3 is 5.32 Å². The monoisotopic (exact) mass is 209 g/mol. The molecule has 1 N–H and O–H groups in total. The minimum absolute atomic E-state index is 0.655. The van der Waals surface area contributed by atoms with Crippen LogP contribution >= 0.6 is 0 Å². The molecule has 1 fully saturated rings. The van der Waals surface area contributed by atoms with Crippen LogP contribution in [0.25, 0.3) is 0 Å². The Hall–Kier alpha value is -0.300. The predicted molar refractivity (Wildman–Crippen MR) is 68.0 cm³/mol. The van der Waals surface area contributed by atoms with E-state index >= 15 is 0 Å². The van der Waals surface area contributed by atoms with E-state index in [1.807, 2.05) is 6.08 Å². The molecule has 0 amide bonds. The highest BCUT2D eigenvalue weighted by molar-refractivity contribution is 4.75. The van der Waals surface area contributed by atoms with Crippen LogP contribution < -0.4 is 5.32 Å². The molecule has 0 aromatic rings. The molecule has 15 heavy (non-hydrogen) atoms. The smallest absolute Gasteiger partial charge is 0.00417 e. The van der Waals surface area contributed by atoms with Gasteiger partial charge in [0.1, 0.15) is 0 Å². The molecule has 0 heterocycles.